The van der Waals surface area contributed by atoms with Crippen molar-refractivity contribution in [3.63, 3.8) is 0 Å². The molecule has 0 bridgehead atoms. The highest BCUT2D eigenvalue weighted by Gasteiger charge is 2.29. The maximum absolute atomic E-state index is 11.2. The van der Waals surface area contributed by atoms with Gasteiger partial charge < -0.3 is 4.74 Å². The van der Waals surface area contributed by atoms with E-state index in [4.69, 9.17) is 0 Å². The van der Waals surface area contributed by atoms with Crippen molar-refractivity contribution in [1.82, 2.24) is 9.80 Å². The molecule has 0 aromatic carbocycles. The quantitative estimate of drug-likeness (QED) is 0.540. The fourth-order valence-electron chi connectivity index (χ4n) is 2.73. The molecule has 96 valence electrons. The van der Waals surface area contributed by atoms with Gasteiger partial charge in [0, 0.05) is 37.8 Å². The zero-order valence-corrected chi connectivity index (χ0v) is 10.8. The maximum Gasteiger partial charge on any atom is 0.333 e. The van der Waals surface area contributed by atoms with Crippen LogP contribution in [0.2, 0.25) is 0 Å². The molecule has 0 aromatic heterocycles. The molecular weight excluding hydrogens is 216 g/mol. The van der Waals surface area contributed by atoms with Gasteiger partial charge in [-0.15, -0.1) is 0 Å². The highest BCUT2D eigenvalue weighted by molar-refractivity contribution is 5.87. The van der Waals surface area contributed by atoms with Crippen molar-refractivity contribution in [3.05, 3.63) is 11.6 Å². The number of fused-ring (bicyclic) bond motifs is 1. The van der Waals surface area contributed by atoms with Gasteiger partial charge in [-0.3, -0.25) is 9.80 Å². The average molecular weight is 238 g/mol. The van der Waals surface area contributed by atoms with Gasteiger partial charge in [-0.2, -0.15) is 0 Å². The Morgan fingerprint density at radius 1 is 1.41 bits per heavy atom. The van der Waals surface area contributed by atoms with E-state index in [-0.39, 0.29) is 5.97 Å². The summed E-state index contributed by atoms with van der Waals surface area (Å²) in [4.78, 5) is 16.3. The molecule has 4 heteroatoms. The lowest BCUT2D eigenvalue weighted by Gasteiger charge is -2.37. The van der Waals surface area contributed by atoms with Crippen LogP contribution >= 0.6 is 0 Å². The second kappa shape index (κ2) is 5.65. The Labute approximate surface area is 103 Å². The number of hydrogen-bond acceptors (Lipinski definition) is 4. The highest BCUT2D eigenvalue weighted by Crippen LogP contribution is 2.21. The molecule has 0 amide bonds. The van der Waals surface area contributed by atoms with E-state index >= 15 is 0 Å². The molecule has 0 spiro atoms. The van der Waals surface area contributed by atoms with Crippen LogP contribution in [0.3, 0.4) is 0 Å². The van der Waals surface area contributed by atoms with Crippen molar-refractivity contribution < 1.29 is 9.53 Å². The van der Waals surface area contributed by atoms with Crippen LogP contribution < -0.4 is 0 Å². The molecule has 4 nitrogen and oxygen atoms in total. The maximum atomic E-state index is 11.2. The Balaban J connectivity index is 1.82. The molecule has 0 N–H and O–H groups in total. The Kier molecular flexibility index (Phi) is 4.18. The second-order valence-corrected chi connectivity index (χ2v) is 4.97. The van der Waals surface area contributed by atoms with Gasteiger partial charge in [0.05, 0.1) is 7.11 Å². The third kappa shape index (κ3) is 3.07. The van der Waals surface area contributed by atoms with Gasteiger partial charge in [-0.25, -0.2) is 4.79 Å². The van der Waals surface area contributed by atoms with E-state index in [9.17, 15) is 4.79 Å². The van der Waals surface area contributed by atoms with Crippen molar-refractivity contribution in [2.45, 2.75) is 25.8 Å². The lowest BCUT2D eigenvalue weighted by Crippen LogP contribution is -2.50. The van der Waals surface area contributed by atoms with Crippen LogP contribution in [-0.4, -0.2) is 61.6 Å². The van der Waals surface area contributed by atoms with E-state index in [0.717, 1.165) is 25.7 Å². The van der Waals surface area contributed by atoms with Crippen molar-refractivity contribution in [3.8, 4) is 0 Å². The first kappa shape index (κ1) is 12.6. The van der Waals surface area contributed by atoms with E-state index in [2.05, 4.69) is 14.5 Å². The van der Waals surface area contributed by atoms with Gasteiger partial charge in [-0.1, -0.05) is 6.08 Å². The number of esters is 1. The van der Waals surface area contributed by atoms with Gasteiger partial charge in [0.2, 0.25) is 0 Å². The van der Waals surface area contributed by atoms with Crippen molar-refractivity contribution in [2.24, 2.45) is 0 Å². The Morgan fingerprint density at radius 2 is 2.24 bits per heavy atom. The molecule has 2 aliphatic rings. The fraction of sp³-hybridized carbons (Fsp3) is 0.769. The highest BCUT2D eigenvalue weighted by atomic mass is 16.5. The van der Waals surface area contributed by atoms with Gasteiger partial charge >= 0.3 is 5.97 Å². The lowest BCUT2D eigenvalue weighted by atomic mass is 10.1. The molecule has 2 fully saturated rings. The molecule has 2 saturated heterocycles. The fourth-order valence-corrected chi connectivity index (χ4v) is 2.73. The third-order valence-electron chi connectivity index (χ3n) is 3.83. The first-order valence-electron chi connectivity index (χ1n) is 6.42. The van der Waals surface area contributed by atoms with E-state index in [1.807, 2.05) is 13.0 Å². The standard InChI is InChI=1S/C13H22N2O2/c1-11(13(16)17-2)5-7-14-8-9-15-6-3-4-12(15)10-14/h5,12H,3-4,6-10H2,1-2H3. The van der Waals surface area contributed by atoms with Crippen molar-refractivity contribution in [2.75, 3.05) is 39.8 Å². The summed E-state index contributed by atoms with van der Waals surface area (Å²) < 4.78 is 4.69. The number of methoxy groups -OCH3 is 1. The molecule has 0 saturated carbocycles. The molecule has 0 aromatic rings. The summed E-state index contributed by atoms with van der Waals surface area (Å²) in [6.07, 6.45) is 4.65. The van der Waals surface area contributed by atoms with Gasteiger partial charge in [0.1, 0.15) is 0 Å². The predicted molar refractivity (Wildman–Crippen MR) is 66.8 cm³/mol. The largest absolute Gasteiger partial charge is 0.466 e. The number of nitrogens with zero attached hydrogens (tertiary/aromatic N) is 2. The van der Waals surface area contributed by atoms with E-state index < -0.39 is 0 Å². The smallest absolute Gasteiger partial charge is 0.333 e. The van der Waals surface area contributed by atoms with E-state index in [0.29, 0.717) is 5.57 Å². The number of carbonyl (C=O) groups is 1. The Bertz CT molecular complexity index is 315. The lowest BCUT2D eigenvalue weighted by molar-refractivity contribution is -0.136. The summed E-state index contributed by atoms with van der Waals surface area (Å²) in [5.74, 6) is -0.218. The van der Waals surface area contributed by atoms with Gasteiger partial charge in [0.25, 0.3) is 0 Å². The molecule has 2 aliphatic heterocycles. The Hall–Kier alpha value is -0.870. The van der Waals surface area contributed by atoms with Crippen LogP contribution in [0.5, 0.6) is 0 Å². The molecule has 0 aliphatic carbocycles. The minimum Gasteiger partial charge on any atom is -0.466 e. The zero-order chi connectivity index (χ0) is 12.3. The summed E-state index contributed by atoms with van der Waals surface area (Å²) >= 11 is 0. The normalized spacial score (nSPS) is 26.9. The minimum absolute atomic E-state index is 0.218. The van der Waals surface area contributed by atoms with Crippen molar-refractivity contribution in [1.29, 1.82) is 0 Å². The topological polar surface area (TPSA) is 32.8 Å². The SMILES string of the molecule is COC(=O)C(C)=CCN1CCN2CCCC2C1. The molecule has 2 heterocycles. The van der Waals surface area contributed by atoms with Crippen LogP contribution in [0.15, 0.2) is 11.6 Å². The van der Waals surface area contributed by atoms with Crippen LogP contribution in [0.25, 0.3) is 0 Å². The number of hydrogen-bond donors (Lipinski definition) is 0. The van der Waals surface area contributed by atoms with Gasteiger partial charge in [-0.05, 0) is 26.3 Å². The summed E-state index contributed by atoms with van der Waals surface area (Å²) in [5, 5.41) is 0. The molecule has 1 unspecified atom stereocenters. The van der Waals surface area contributed by atoms with Crippen LogP contribution in [0.4, 0.5) is 0 Å². The number of ether oxygens (including phenoxy) is 1. The molecule has 17 heavy (non-hydrogen) atoms. The summed E-state index contributed by atoms with van der Waals surface area (Å²) in [5.41, 5.74) is 0.710. The van der Waals surface area contributed by atoms with Crippen molar-refractivity contribution >= 4 is 5.97 Å². The summed E-state index contributed by atoms with van der Waals surface area (Å²) in [6.45, 7) is 7.39. The monoisotopic (exact) mass is 238 g/mol. The molecule has 0 radical (unpaired) electrons. The van der Waals surface area contributed by atoms with Crippen LogP contribution in [0, 0.1) is 0 Å². The molecular formula is C13H22N2O2. The second-order valence-electron chi connectivity index (χ2n) is 4.97. The van der Waals surface area contributed by atoms with Crippen LogP contribution in [-0.2, 0) is 9.53 Å². The summed E-state index contributed by atoms with van der Waals surface area (Å²) in [7, 11) is 1.43. The number of carbonyl (C=O) groups excluding carboxylic acids is 1. The Morgan fingerprint density at radius 3 is 3.00 bits per heavy atom. The van der Waals surface area contributed by atoms with Crippen LogP contribution in [0.1, 0.15) is 19.8 Å². The first-order chi connectivity index (χ1) is 8.20. The first-order valence-corrected chi connectivity index (χ1v) is 6.42. The zero-order valence-electron chi connectivity index (χ0n) is 10.8. The molecule has 1 atom stereocenters. The minimum atomic E-state index is -0.218. The molecule has 2 rings (SSSR count). The summed E-state index contributed by atoms with van der Waals surface area (Å²) in [6, 6.07) is 0.746. The van der Waals surface area contributed by atoms with Gasteiger partial charge in [0.15, 0.2) is 0 Å². The van der Waals surface area contributed by atoms with E-state index in [1.54, 1.807) is 0 Å². The number of piperazine rings is 1. The van der Waals surface area contributed by atoms with E-state index in [1.165, 1.54) is 33.0 Å². The average Bonchev–Trinajstić information content (AvgIpc) is 2.82. The third-order valence-corrected chi connectivity index (χ3v) is 3.83. The predicted octanol–water partition coefficient (Wildman–Crippen LogP) is 0.886. The number of rotatable bonds is 3.